The minimum Gasteiger partial charge on any atom is -0.439 e. The third kappa shape index (κ3) is 3.19. The van der Waals surface area contributed by atoms with Gasteiger partial charge in [-0.25, -0.2) is 9.37 Å². The summed E-state index contributed by atoms with van der Waals surface area (Å²) < 4.78 is 18.5. The van der Waals surface area contributed by atoms with Crippen molar-refractivity contribution in [3.63, 3.8) is 0 Å². The molecule has 0 saturated heterocycles. The molecule has 0 aliphatic heterocycles. The van der Waals surface area contributed by atoms with E-state index in [4.69, 9.17) is 15.7 Å². The number of amidine groups is 1. The van der Waals surface area contributed by atoms with Crippen molar-refractivity contribution < 1.29 is 14.3 Å². The Morgan fingerprint density at radius 1 is 1.37 bits per heavy atom. The van der Waals surface area contributed by atoms with Gasteiger partial charge in [0.1, 0.15) is 11.6 Å². The van der Waals surface area contributed by atoms with Gasteiger partial charge >= 0.3 is 0 Å². The van der Waals surface area contributed by atoms with Crippen molar-refractivity contribution in [3.8, 4) is 11.6 Å². The highest BCUT2D eigenvalue weighted by molar-refractivity contribution is 5.97. The molecule has 0 aliphatic rings. The van der Waals surface area contributed by atoms with E-state index in [1.54, 1.807) is 19.1 Å². The van der Waals surface area contributed by atoms with Crippen LogP contribution in [-0.4, -0.2) is 16.0 Å². The maximum Gasteiger partial charge on any atom is 0.220 e. The summed E-state index contributed by atoms with van der Waals surface area (Å²) in [6.45, 7) is 1.74. The molecule has 1 heterocycles. The topological polar surface area (TPSA) is 80.7 Å². The highest BCUT2D eigenvalue weighted by Crippen LogP contribution is 2.21. The molecule has 0 radical (unpaired) electrons. The zero-order chi connectivity index (χ0) is 13.8. The molecule has 3 N–H and O–H groups in total. The second-order valence-corrected chi connectivity index (χ2v) is 3.88. The molecule has 0 bridgehead atoms. The summed E-state index contributed by atoms with van der Waals surface area (Å²) in [7, 11) is 0. The van der Waals surface area contributed by atoms with Crippen LogP contribution in [0.1, 0.15) is 11.3 Å². The Morgan fingerprint density at radius 3 is 2.84 bits per heavy atom. The first-order valence-corrected chi connectivity index (χ1v) is 5.48. The lowest BCUT2D eigenvalue weighted by Gasteiger charge is -2.07. The van der Waals surface area contributed by atoms with E-state index in [0.717, 1.165) is 0 Å². The molecule has 1 aromatic carbocycles. The lowest BCUT2D eigenvalue weighted by atomic mass is 10.2. The SMILES string of the molecule is Cc1cc(/C(N)=N/O)cc(Oc2cccc(F)c2)n1. The fraction of sp³-hybridized carbons (Fsp3) is 0.0769. The molecule has 5 nitrogen and oxygen atoms in total. The molecule has 0 unspecified atom stereocenters. The fourth-order valence-corrected chi connectivity index (χ4v) is 1.55. The summed E-state index contributed by atoms with van der Waals surface area (Å²) >= 11 is 0. The standard InChI is InChI=1S/C13H12FN3O2/c1-8-5-9(13(15)17-18)6-12(16-8)19-11-4-2-3-10(14)7-11/h2-7,18H,1H3,(H2,15,17). The van der Waals surface area contributed by atoms with Crippen LogP contribution < -0.4 is 10.5 Å². The predicted octanol–water partition coefficient (Wildman–Crippen LogP) is 2.42. The number of aryl methyl sites for hydroxylation is 1. The monoisotopic (exact) mass is 261 g/mol. The smallest absolute Gasteiger partial charge is 0.220 e. The quantitative estimate of drug-likeness (QED) is 0.385. The van der Waals surface area contributed by atoms with Crippen molar-refractivity contribution in [3.05, 3.63) is 53.5 Å². The first-order valence-electron chi connectivity index (χ1n) is 5.48. The first-order chi connectivity index (χ1) is 9.08. The molecule has 0 amide bonds. The molecule has 0 atom stereocenters. The van der Waals surface area contributed by atoms with Crippen molar-refractivity contribution in [1.29, 1.82) is 0 Å². The maximum atomic E-state index is 13.0. The van der Waals surface area contributed by atoms with Gasteiger partial charge in [-0.2, -0.15) is 0 Å². The highest BCUT2D eigenvalue weighted by Gasteiger charge is 2.06. The number of oxime groups is 1. The summed E-state index contributed by atoms with van der Waals surface area (Å²) in [4.78, 5) is 4.14. The average Bonchev–Trinajstić information content (AvgIpc) is 2.37. The molecule has 6 heteroatoms. The lowest BCUT2D eigenvalue weighted by molar-refractivity contribution is 0.318. The maximum absolute atomic E-state index is 13.0. The molecular weight excluding hydrogens is 249 g/mol. The number of hydrogen-bond acceptors (Lipinski definition) is 4. The van der Waals surface area contributed by atoms with Gasteiger partial charge in [-0.05, 0) is 25.1 Å². The van der Waals surface area contributed by atoms with E-state index in [2.05, 4.69) is 10.1 Å². The third-order valence-electron chi connectivity index (χ3n) is 2.35. The molecular formula is C13H12FN3O2. The van der Waals surface area contributed by atoms with Crippen LogP contribution in [0.25, 0.3) is 0 Å². The number of hydrogen-bond donors (Lipinski definition) is 2. The minimum absolute atomic E-state index is 0.0467. The highest BCUT2D eigenvalue weighted by atomic mass is 19.1. The summed E-state index contributed by atoms with van der Waals surface area (Å²) in [5.74, 6) is 0.118. The molecule has 2 aromatic rings. The Bertz CT molecular complexity index is 629. The van der Waals surface area contributed by atoms with Gasteiger partial charge in [-0.15, -0.1) is 0 Å². The van der Waals surface area contributed by atoms with Gasteiger partial charge in [0.15, 0.2) is 5.84 Å². The van der Waals surface area contributed by atoms with Gasteiger partial charge in [0.05, 0.1) is 0 Å². The fourth-order valence-electron chi connectivity index (χ4n) is 1.55. The molecule has 0 fully saturated rings. The Kier molecular flexibility index (Phi) is 3.61. The van der Waals surface area contributed by atoms with Crippen molar-refractivity contribution in [2.45, 2.75) is 6.92 Å². The number of ether oxygens (including phenoxy) is 1. The van der Waals surface area contributed by atoms with E-state index in [9.17, 15) is 4.39 Å². The Balaban J connectivity index is 2.33. The Hall–Kier alpha value is -2.63. The zero-order valence-electron chi connectivity index (χ0n) is 10.2. The molecule has 19 heavy (non-hydrogen) atoms. The van der Waals surface area contributed by atoms with Crippen LogP contribution in [0.2, 0.25) is 0 Å². The molecule has 0 saturated carbocycles. The molecule has 0 aliphatic carbocycles. The van der Waals surface area contributed by atoms with Crippen molar-refractivity contribution in [1.82, 2.24) is 4.98 Å². The van der Waals surface area contributed by atoms with Crippen molar-refractivity contribution >= 4 is 5.84 Å². The second kappa shape index (κ2) is 5.34. The lowest BCUT2D eigenvalue weighted by Crippen LogP contribution is -2.13. The zero-order valence-corrected chi connectivity index (χ0v) is 10.2. The van der Waals surface area contributed by atoms with Crippen molar-refractivity contribution in [2.24, 2.45) is 10.9 Å². The van der Waals surface area contributed by atoms with Crippen LogP contribution in [-0.2, 0) is 0 Å². The van der Waals surface area contributed by atoms with E-state index >= 15 is 0 Å². The Labute approximate surface area is 109 Å². The van der Waals surface area contributed by atoms with Crippen LogP contribution in [0, 0.1) is 12.7 Å². The summed E-state index contributed by atoms with van der Waals surface area (Å²) in [5.41, 5.74) is 6.61. The van der Waals surface area contributed by atoms with E-state index in [1.807, 2.05) is 0 Å². The summed E-state index contributed by atoms with van der Waals surface area (Å²) in [6.07, 6.45) is 0. The van der Waals surface area contributed by atoms with Gasteiger partial charge in [0, 0.05) is 23.4 Å². The molecule has 98 valence electrons. The van der Waals surface area contributed by atoms with Crippen LogP contribution in [0.4, 0.5) is 4.39 Å². The minimum atomic E-state index is -0.401. The van der Waals surface area contributed by atoms with Crippen LogP contribution >= 0.6 is 0 Å². The van der Waals surface area contributed by atoms with Gasteiger partial charge < -0.3 is 15.7 Å². The van der Waals surface area contributed by atoms with Crippen LogP contribution in [0.3, 0.4) is 0 Å². The third-order valence-corrected chi connectivity index (χ3v) is 2.35. The number of nitrogens with two attached hydrogens (primary N) is 1. The summed E-state index contributed by atoms with van der Waals surface area (Å²) in [5, 5.41) is 11.6. The number of aromatic nitrogens is 1. The molecule has 2 rings (SSSR count). The molecule has 0 spiro atoms. The Morgan fingerprint density at radius 2 is 2.16 bits per heavy atom. The molecule has 1 aromatic heterocycles. The average molecular weight is 261 g/mol. The van der Waals surface area contributed by atoms with E-state index in [0.29, 0.717) is 17.0 Å². The van der Waals surface area contributed by atoms with Gasteiger partial charge in [0.25, 0.3) is 0 Å². The van der Waals surface area contributed by atoms with E-state index in [1.165, 1.54) is 24.3 Å². The van der Waals surface area contributed by atoms with E-state index < -0.39 is 5.82 Å². The van der Waals surface area contributed by atoms with Crippen LogP contribution in [0.5, 0.6) is 11.6 Å². The van der Waals surface area contributed by atoms with Crippen LogP contribution in [0.15, 0.2) is 41.6 Å². The number of halogens is 1. The summed E-state index contributed by atoms with van der Waals surface area (Å²) in [6, 6.07) is 8.85. The number of nitrogens with zero attached hydrogens (tertiary/aromatic N) is 2. The van der Waals surface area contributed by atoms with Gasteiger partial charge in [-0.1, -0.05) is 11.2 Å². The van der Waals surface area contributed by atoms with Gasteiger partial charge in [-0.3, -0.25) is 0 Å². The van der Waals surface area contributed by atoms with Crippen molar-refractivity contribution in [2.75, 3.05) is 0 Å². The predicted molar refractivity (Wildman–Crippen MR) is 68.0 cm³/mol. The van der Waals surface area contributed by atoms with E-state index in [-0.39, 0.29) is 11.7 Å². The largest absolute Gasteiger partial charge is 0.439 e. The second-order valence-electron chi connectivity index (χ2n) is 3.88. The first kappa shape index (κ1) is 12.8. The number of pyridine rings is 1. The van der Waals surface area contributed by atoms with Gasteiger partial charge in [0.2, 0.25) is 5.88 Å². The number of rotatable bonds is 3. The number of benzene rings is 1. The normalized spacial score (nSPS) is 11.4.